The van der Waals surface area contributed by atoms with E-state index in [1.807, 2.05) is 33.7 Å². The highest BCUT2D eigenvalue weighted by Crippen LogP contribution is 2.32. The molecule has 1 aliphatic rings. The fourth-order valence-electron chi connectivity index (χ4n) is 4.58. The van der Waals surface area contributed by atoms with Crippen LogP contribution in [0.2, 0.25) is 0 Å². The Morgan fingerprint density at radius 2 is 1.90 bits per heavy atom. The van der Waals surface area contributed by atoms with Gasteiger partial charge in [-0.15, -0.1) is 0 Å². The predicted molar refractivity (Wildman–Crippen MR) is 118 cm³/mol. The van der Waals surface area contributed by atoms with E-state index in [1.54, 1.807) is 0 Å². The van der Waals surface area contributed by atoms with Gasteiger partial charge in [0.25, 0.3) is 5.56 Å². The molecule has 1 fully saturated rings. The summed E-state index contributed by atoms with van der Waals surface area (Å²) in [5, 5.41) is 0.654. The van der Waals surface area contributed by atoms with Crippen molar-refractivity contribution in [1.29, 1.82) is 0 Å². The number of fused-ring (bicyclic) bond motifs is 1. The number of carbonyl (C=O) groups excluding carboxylic acids is 1. The molecule has 1 aromatic heterocycles. The number of aromatic nitrogens is 2. The first-order valence-electron chi connectivity index (χ1n) is 11.4. The van der Waals surface area contributed by atoms with Gasteiger partial charge in [0.15, 0.2) is 0 Å². The second-order valence-corrected chi connectivity index (χ2v) is 8.23. The van der Waals surface area contributed by atoms with Gasteiger partial charge in [-0.3, -0.25) is 14.2 Å². The number of benzene rings is 1. The Hall–Kier alpha value is -2.17. The fourth-order valence-corrected chi connectivity index (χ4v) is 4.58. The Balaban J connectivity index is 2.09. The van der Waals surface area contributed by atoms with Gasteiger partial charge in [0.05, 0.1) is 16.9 Å². The van der Waals surface area contributed by atoms with Crippen molar-refractivity contribution in [3.8, 4) is 0 Å². The number of unbranched alkanes of at least 4 members (excludes halogenated alkanes) is 1. The van der Waals surface area contributed by atoms with E-state index < -0.39 is 0 Å². The van der Waals surface area contributed by atoms with E-state index >= 15 is 0 Å². The van der Waals surface area contributed by atoms with Gasteiger partial charge in [-0.2, -0.15) is 0 Å². The van der Waals surface area contributed by atoms with Crippen LogP contribution >= 0.6 is 0 Å². The zero-order chi connectivity index (χ0) is 20.8. The lowest BCUT2D eigenvalue weighted by Gasteiger charge is -2.34. The standard InChI is InChI=1S/C24H35N3O2/c1-4-7-17-26(23(28)18-12-8-9-13-18)21(6-3)22-25-20-15-11-10-14-19(20)24(29)27(22)16-5-2/h10-11,14-15,18,21H,4-9,12-13,16-17H2,1-3H3. The third-order valence-electron chi connectivity index (χ3n) is 6.14. The number of para-hydroxylation sites is 1. The summed E-state index contributed by atoms with van der Waals surface area (Å²) >= 11 is 0. The van der Waals surface area contributed by atoms with E-state index in [1.165, 1.54) is 0 Å². The van der Waals surface area contributed by atoms with Gasteiger partial charge in [-0.1, -0.05) is 52.2 Å². The molecule has 1 atom stereocenters. The maximum Gasteiger partial charge on any atom is 0.261 e. The summed E-state index contributed by atoms with van der Waals surface area (Å²) < 4.78 is 1.82. The van der Waals surface area contributed by atoms with Crippen molar-refractivity contribution in [3.63, 3.8) is 0 Å². The molecule has 1 amide bonds. The molecule has 0 N–H and O–H groups in total. The zero-order valence-electron chi connectivity index (χ0n) is 18.2. The van der Waals surface area contributed by atoms with E-state index in [4.69, 9.17) is 4.98 Å². The highest BCUT2D eigenvalue weighted by molar-refractivity contribution is 5.80. The molecule has 1 heterocycles. The highest BCUT2D eigenvalue weighted by Gasteiger charge is 2.33. The van der Waals surface area contributed by atoms with Crippen molar-refractivity contribution < 1.29 is 4.79 Å². The molecule has 3 rings (SSSR count). The summed E-state index contributed by atoms with van der Waals surface area (Å²) in [6, 6.07) is 7.40. The Bertz CT molecular complexity index is 883. The Morgan fingerprint density at radius 3 is 2.55 bits per heavy atom. The van der Waals surface area contributed by atoms with Crippen molar-refractivity contribution >= 4 is 16.8 Å². The quantitative estimate of drug-likeness (QED) is 0.593. The molecule has 1 aliphatic carbocycles. The summed E-state index contributed by atoms with van der Waals surface area (Å²) in [5.41, 5.74) is 0.733. The van der Waals surface area contributed by atoms with Crippen LogP contribution in [0.3, 0.4) is 0 Å². The van der Waals surface area contributed by atoms with Gasteiger partial charge in [0.1, 0.15) is 5.82 Å². The van der Waals surface area contributed by atoms with Gasteiger partial charge in [-0.25, -0.2) is 4.98 Å². The first kappa shape index (κ1) is 21.5. The lowest BCUT2D eigenvalue weighted by atomic mass is 10.0. The summed E-state index contributed by atoms with van der Waals surface area (Å²) in [6.07, 6.45) is 7.90. The van der Waals surface area contributed by atoms with Crippen LogP contribution in [0.5, 0.6) is 0 Å². The molecule has 5 heteroatoms. The molecule has 158 valence electrons. The van der Waals surface area contributed by atoms with Crippen LogP contribution in [0.4, 0.5) is 0 Å². The van der Waals surface area contributed by atoms with Crippen LogP contribution in [-0.2, 0) is 11.3 Å². The van der Waals surface area contributed by atoms with Gasteiger partial charge in [0, 0.05) is 19.0 Å². The van der Waals surface area contributed by atoms with E-state index in [0.29, 0.717) is 11.9 Å². The second kappa shape index (κ2) is 10.0. The van der Waals surface area contributed by atoms with Crippen molar-refractivity contribution in [2.24, 2.45) is 5.92 Å². The third kappa shape index (κ3) is 4.54. The molecule has 0 aliphatic heterocycles. The molecule has 2 aromatic rings. The number of hydrogen-bond acceptors (Lipinski definition) is 3. The third-order valence-corrected chi connectivity index (χ3v) is 6.14. The SMILES string of the molecule is CCCCN(C(=O)C1CCCC1)C(CC)c1nc2ccccc2c(=O)n1CCC. The number of hydrogen-bond donors (Lipinski definition) is 0. The zero-order valence-corrected chi connectivity index (χ0v) is 18.2. The molecule has 0 spiro atoms. The molecular formula is C24H35N3O2. The van der Waals surface area contributed by atoms with E-state index in [2.05, 4.69) is 20.8 Å². The molecular weight excluding hydrogens is 362 g/mol. The van der Waals surface area contributed by atoms with E-state index in [-0.39, 0.29) is 23.4 Å². The van der Waals surface area contributed by atoms with E-state index in [0.717, 1.165) is 69.3 Å². The average molecular weight is 398 g/mol. The summed E-state index contributed by atoms with van der Waals surface area (Å²) in [6.45, 7) is 7.69. The van der Waals surface area contributed by atoms with Crippen LogP contribution in [0.25, 0.3) is 10.9 Å². The second-order valence-electron chi connectivity index (χ2n) is 8.23. The smallest absolute Gasteiger partial charge is 0.261 e. The molecule has 0 bridgehead atoms. The molecule has 1 saturated carbocycles. The minimum Gasteiger partial charge on any atom is -0.332 e. The van der Waals surface area contributed by atoms with Crippen LogP contribution < -0.4 is 5.56 Å². The lowest BCUT2D eigenvalue weighted by molar-refractivity contribution is -0.138. The predicted octanol–water partition coefficient (Wildman–Crippen LogP) is 5.08. The van der Waals surface area contributed by atoms with Crippen LogP contribution in [-0.4, -0.2) is 26.9 Å². The fraction of sp³-hybridized carbons (Fsp3) is 0.625. The Labute approximate surface area is 174 Å². The Morgan fingerprint density at radius 1 is 1.17 bits per heavy atom. The largest absolute Gasteiger partial charge is 0.332 e. The molecule has 5 nitrogen and oxygen atoms in total. The normalized spacial score (nSPS) is 15.7. The van der Waals surface area contributed by atoms with Crippen molar-refractivity contribution in [3.05, 3.63) is 40.4 Å². The maximum absolute atomic E-state index is 13.5. The number of amides is 1. The van der Waals surface area contributed by atoms with E-state index in [9.17, 15) is 9.59 Å². The summed E-state index contributed by atoms with van der Waals surface area (Å²) in [4.78, 5) is 33.7. The summed E-state index contributed by atoms with van der Waals surface area (Å²) in [7, 11) is 0. The molecule has 0 saturated heterocycles. The maximum atomic E-state index is 13.5. The van der Waals surface area contributed by atoms with Gasteiger partial charge >= 0.3 is 0 Å². The van der Waals surface area contributed by atoms with Crippen molar-refractivity contribution in [1.82, 2.24) is 14.5 Å². The van der Waals surface area contributed by atoms with Crippen molar-refractivity contribution in [2.75, 3.05) is 6.54 Å². The Kier molecular flexibility index (Phi) is 7.45. The first-order chi connectivity index (χ1) is 14.1. The van der Waals surface area contributed by atoms with Gasteiger partial charge < -0.3 is 4.90 Å². The monoisotopic (exact) mass is 397 g/mol. The van der Waals surface area contributed by atoms with Gasteiger partial charge in [0.2, 0.25) is 5.91 Å². The summed E-state index contributed by atoms with van der Waals surface area (Å²) in [5.74, 6) is 1.14. The van der Waals surface area contributed by atoms with Crippen LogP contribution in [0.15, 0.2) is 29.1 Å². The van der Waals surface area contributed by atoms with Gasteiger partial charge in [-0.05, 0) is 44.2 Å². The lowest BCUT2D eigenvalue weighted by Crippen LogP contribution is -2.41. The number of carbonyl (C=O) groups is 1. The molecule has 1 unspecified atom stereocenters. The first-order valence-corrected chi connectivity index (χ1v) is 11.4. The minimum absolute atomic E-state index is 0.00894. The molecule has 29 heavy (non-hydrogen) atoms. The molecule has 1 aromatic carbocycles. The number of rotatable bonds is 9. The van der Waals surface area contributed by atoms with Crippen LogP contribution in [0.1, 0.15) is 84.0 Å². The van der Waals surface area contributed by atoms with Crippen molar-refractivity contribution in [2.45, 2.75) is 84.7 Å². The highest BCUT2D eigenvalue weighted by atomic mass is 16.2. The number of nitrogens with zero attached hydrogens (tertiary/aromatic N) is 3. The topological polar surface area (TPSA) is 55.2 Å². The minimum atomic E-state index is -0.154. The van der Waals surface area contributed by atoms with Crippen LogP contribution in [0, 0.1) is 5.92 Å². The average Bonchev–Trinajstić information content (AvgIpc) is 3.28. The molecule has 0 radical (unpaired) electrons.